The second-order valence-corrected chi connectivity index (χ2v) is 5.39. The van der Waals surface area contributed by atoms with Crippen molar-refractivity contribution in [1.82, 2.24) is 0 Å². The number of hydrogen-bond donors (Lipinski definition) is 0. The summed E-state index contributed by atoms with van der Waals surface area (Å²) in [5.74, 6) is 1.16. The fourth-order valence-corrected chi connectivity index (χ4v) is 3.01. The molecule has 1 aromatic rings. The van der Waals surface area contributed by atoms with E-state index in [1.807, 2.05) is 18.2 Å². The van der Waals surface area contributed by atoms with Gasteiger partial charge in [0.25, 0.3) is 0 Å². The predicted molar refractivity (Wildman–Crippen MR) is 71.5 cm³/mol. The third-order valence-electron chi connectivity index (χ3n) is 3.87. The third-order valence-corrected chi connectivity index (χ3v) is 4.20. The fraction of sp³-hybridized carbons (Fsp3) is 0.533. The minimum Gasteiger partial charge on any atom is -0.294 e. The minimum absolute atomic E-state index is 0.189. The first-order chi connectivity index (χ1) is 8.22. The lowest BCUT2D eigenvalue weighted by atomic mass is 9.77. The summed E-state index contributed by atoms with van der Waals surface area (Å²) in [5, 5.41) is 0.594. The zero-order valence-electron chi connectivity index (χ0n) is 10.3. The number of ketones is 1. The van der Waals surface area contributed by atoms with Crippen molar-refractivity contribution < 1.29 is 4.79 Å². The molecular formula is C15H19ClO. The molecule has 17 heavy (non-hydrogen) atoms. The normalized spacial score (nSPS) is 24.6. The monoisotopic (exact) mass is 250 g/mol. The minimum atomic E-state index is 0.189. The number of hydrogen-bond acceptors (Lipinski definition) is 1. The summed E-state index contributed by atoms with van der Waals surface area (Å²) >= 11 is 6.09. The first-order valence-electron chi connectivity index (χ1n) is 6.51. The van der Waals surface area contributed by atoms with E-state index in [2.05, 4.69) is 6.92 Å². The highest BCUT2D eigenvalue weighted by Crippen LogP contribution is 2.34. The van der Waals surface area contributed by atoms with Crippen LogP contribution in [0.15, 0.2) is 24.3 Å². The second-order valence-electron chi connectivity index (χ2n) is 4.98. The molecule has 1 fully saturated rings. The van der Waals surface area contributed by atoms with E-state index in [9.17, 15) is 4.79 Å². The van der Waals surface area contributed by atoms with Gasteiger partial charge in [-0.25, -0.2) is 0 Å². The van der Waals surface area contributed by atoms with Crippen molar-refractivity contribution in [3.8, 4) is 0 Å². The van der Waals surface area contributed by atoms with Crippen LogP contribution in [0, 0.1) is 11.8 Å². The van der Waals surface area contributed by atoms with Gasteiger partial charge < -0.3 is 0 Å². The molecule has 2 atom stereocenters. The summed E-state index contributed by atoms with van der Waals surface area (Å²) in [5.41, 5.74) is 0.705. The van der Waals surface area contributed by atoms with Crippen molar-refractivity contribution in [1.29, 1.82) is 0 Å². The quantitative estimate of drug-likeness (QED) is 0.709. The summed E-state index contributed by atoms with van der Waals surface area (Å²) in [4.78, 5) is 12.4. The predicted octanol–water partition coefficient (Wildman–Crippen LogP) is 4.74. The van der Waals surface area contributed by atoms with Crippen LogP contribution in [0.25, 0.3) is 0 Å². The van der Waals surface area contributed by atoms with E-state index in [1.54, 1.807) is 6.07 Å². The fourth-order valence-electron chi connectivity index (χ4n) is 2.78. The highest BCUT2D eigenvalue weighted by Gasteiger charge is 2.27. The van der Waals surface area contributed by atoms with Crippen LogP contribution < -0.4 is 0 Å². The number of carbonyl (C=O) groups excluding carboxylic acids is 1. The average Bonchev–Trinajstić information content (AvgIpc) is 2.38. The molecule has 0 radical (unpaired) electrons. The van der Waals surface area contributed by atoms with Crippen molar-refractivity contribution in [3.63, 3.8) is 0 Å². The lowest BCUT2D eigenvalue weighted by Gasteiger charge is -2.27. The van der Waals surface area contributed by atoms with Crippen molar-refractivity contribution in [3.05, 3.63) is 34.9 Å². The Kier molecular flexibility index (Phi) is 4.22. The van der Waals surface area contributed by atoms with Crippen molar-refractivity contribution in [2.75, 3.05) is 0 Å². The summed E-state index contributed by atoms with van der Waals surface area (Å²) in [6.07, 6.45) is 5.72. The number of benzene rings is 1. The van der Waals surface area contributed by atoms with Crippen LogP contribution in [-0.2, 0) is 0 Å². The smallest absolute Gasteiger partial charge is 0.167 e. The molecular weight excluding hydrogens is 232 g/mol. The second kappa shape index (κ2) is 5.68. The van der Waals surface area contributed by atoms with Gasteiger partial charge in [0.2, 0.25) is 0 Å². The van der Waals surface area contributed by atoms with E-state index in [1.165, 1.54) is 19.3 Å². The molecule has 0 spiro atoms. The maximum Gasteiger partial charge on any atom is 0.167 e. The van der Waals surface area contributed by atoms with Crippen molar-refractivity contribution in [2.45, 2.75) is 39.0 Å². The van der Waals surface area contributed by atoms with E-state index in [0.29, 0.717) is 10.6 Å². The Morgan fingerprint density at radius 2 is 2.12 bits per heavy atom. The Balaban J connectivity index is 2.12. The summed E-state index contributed by atoms with van der Waals surface area (Å²) in [7, 11) is 0. The van der Waals surface area contributed by atoms with Gasteiger partial charge in [0.15, 0.2) is 5.78 Å². The van der Waals surface area contributed by atoms with Gasteiger partial charge in [-0.3, -0.25) is 4.79 Å². The molecule has 1 saturated carbocycles. The molecule has 0 N–H and O–H groups in total. The third kappa shape index (κ3) is 2.90. The largest absolute Gasteiger partial charge is 0.294 e. The zero-order chi connectivity index (χ0) is 12.3. The van der Waals surface area contributed by atoms with Gasteiger partial charge in [0.1, 0.15) is 0 Å². The molecule has 2 heteroatoms. The molecule has 0 heterocycles. The van der Waals surface area contributed by atoms with Crippen molar-refractivity contribution in [2.24, 2.45) is 11.8 Å². The van der Waals surface area contributed by atoms with Gasteiger partial charge in [-0.05, 0) is 30.9 Å². The zero-order valence-corrected chi connectivity index (χ0v) is 11.0. The van der Waals surface area contributed by atoms with Crippen LogP contribution in [0.3, 0.4) is 0 Å². The van der Waals surface area contributed by atoms with E-state index in [4.69, 9.17) is 11.6 Å². The Bertz CT molecular complexity index is 400. The number of Topliss-reactive ketones (excluding diaryl/α,β-unsaturated/α-hetero) is 1. The first kappa shape index (κ1) is 12.6. The first-order valence-corrected chi connectivity index (χ1v) is 6.89. The molecule has 2 unspecified atom stereocenters. The molecule has 0 amide bonds. The molecule has 0 aromatic heterocycles. The highest BCUT2D eigenvalue weighted by molar-refractivity contribution is 6.34. The van der Waals surface area contributed by atoms with E-state index in [0.717, 1.165) is 18.8 Å². The molecule has 1 nitrogen and oxygen atoms in total. The molecule has 2 rings (SSSR count). The number of rotatable bonds is 3. The van der Waals surface area contributed by atoms with Crippen LogP contribution in [0.2, 0.25) is 5.02 Å². The number of carbonyl (C=O) groups is 1. The van der Waals surface area contributed by atoms with Crippen LogP contribution in [0.1, 0.15) is 49.4 Å². The maximum absolute atomic E-state index is 12.4. The average molecular weight is 251 g/mol. The van der Waals surface area contributed by atoms with E-state index >= 15 is 0 Å². The van der Waals surface area contributed by atoms with Gasteiger partial charge in [-0.1, -0.05) is 49.9 Å². The summed E-state index contributed by atoms with van der Waals surface area (Å²) in [6, 6.07) is 7.41. The molecule has 0 saturated heterocycles. The van der Waals surface area contributed by atoms with E-state index in [-0.39, 0.29) is 11.7 Å². The van der Waals surface area contributed by atoms with Crippen LogP contribution >= 0.6 is 11.6 Å². The Morgan fingerprint density at radius 1 is 1.35 bits per heavy atom. The summed E-state index contributed by atoms with van der Waals surface area (Å²) in [6.45, 7) is 2.22. The molecule has 1 aliphatic carbocycles. The molecule has 1 aliphatic rings. The van der Waals surface area contributed by atoms with Crippen molar-refractivity contribution >= 4 is 17.4 Å². The Labute approximate surface area is 108 Å². The lowest BCUT2D eigenvalue weighted by molar-refractivity contribution is 0.0862. The van der Waals surface area contributed by atoms with Crippen LogP contribution in [0.4, 0.5) is 0 Å². The van der Waals surface area contributed by atoms with E-state index < -0.39 is 0 Å². The highest BCUT2D eigenvalue weighted by atomic mass is 35.5. The van der Waals surface area contributed by atoms with Gasteiger partial charge in [0, 0.05) is 11.5 Å². The van der Waals surface area contributed by atoms with Crippen LogP contribution in [-0.4, -0.2) is 5.78 Å². The maximum atomic E-state index is 12.4. The molecule has 0 bridgehead atoms. The molecule has 1 aromatic carbocycles. The van der Waals surface area contributed by atoms with Gasteiger partial charge >= 0.3 is 0 Å². The lowest BCUT2D eigenvalue weighted by Crippen LogP contribution is -2.23. The summed E-state index contributed by atoms with van der Waals surface area (Å²) < 4.78 is 0. The Hall–Kier alpha value is -0.820. The van der Waals surface area contributed by atoms with Crippen LogP contribution in [0.5, 0.6) is 0 Å². The van der Waals surface area contributed by atoms with Gasteiger partial charge in [-0.2, -0.15) is 0 Å². The SMILES string of the molecule is CCC1CCCC(C(=O)c2ccccc2Cl)C1. The van der Waals surface area contributed by atoms with Gasteiger partial charge in [-0.15, -0.1) is 0 Å². The standard InChI is InChI=1S/C15H19ClO/c1-2-11-6-5-7-12(10-11)15(17)13-8-3-4-9-14(13)16/h3-4,8-9,11-12H,2,5-7,10H2,1H3. The Morgan fingerprint density at radius 3 is 2.82 bits per heavy atom. The molecule has 92 valence electrons. The van der Waals surface area contributed by atoms with Gasteiger partial charge in [0.05, 0.1) is 5.02 Å². The number of halogens is 1. The topological polar surface area (TPSA) is 17.1 Å². The molecule has 0 aliphatic heterocycles.